The third-order valence-electron chi connectivity index (χ3n) is 4.79. The highest BCUT2D eigenvalue weighted by Crippen LogP contribution is 2.20. The van der Waals surface area contributed by atoms with Gasteiger partial charge in [-0.1, -0.05) is 26.0 Å². The lowest BCUT2D eigenvalue weighted by molar-refractivity contribution is -0.146. The first-order valence-corrected chi connectivity index (χ1v) is 9.35. The number of carbonyl (C=O) groups is 2. The molecule has 0 saturated carbocycles. The Morgan fingerprint density at radius 1 is 1.12 bits per heavy atom. The van der Waals surface area contributed by atoms with E-state index in [9.17, 15) is 14.0 Å². The van der Waals surface area contributed by atoms with Crippen LogP contribution in [0.3, 0.4) is 0 Å². The third kappa shape index (κ3) is 5.42. The summed E-state index contributed by atoms with van der Waals surface area (Å²) in [6, 6.07) is 6.61. The van der Waals surface area contributed by atoms with Crippen LogP contribution in [0.25, 0.3) is 0 Å². The van der Waals surface area contributed by atoms with Crippen LogP contribution in [0.5, 0.6) is 0 Å². The van der Waals surface area contributed by atoms with Crippen LogP contribution in [0.2, 0.25) is 0 Å². The molecule has 1 aromatic rings. The monoisotopic (exact) mass is 364 g/mol. The zero-order valence-corrected chi connectivity index (χ0v) is 15.7. The van der Waals surface area contributed by atoms with Crippen molar-refractivity contribution in [3.8, 4) is 0 Å². The Kier molecular flexibility index (Phi) is 7.84. The van der Waals surface area contributed by atoms with Crippen molar-refractivity contribution >= 4 is 17.5 Å². The standard InChI is InChI=1S/C19H29FN4O2/c1-3-22(4-2)11-7-10-21-18(25)19(26)24-14-12-23(13-15-24)17-9-6-5-8-16(17)20/h5-6,8-9H,3-4,7,10-15H2,1-2H3,(H,21,25). The van der Waals surface area contributed by atoms with Crippen LogP contribution in [0.4, 0.5) is 10.1 Å². The van der Waals surface area contributed by atoms with Gasteiger partial charge in [0.15, 0.2) is 0 Å². The summed E-state index contributed by atoms with van der Waals surface area (Å²) in [5, 5.41) is 2.70. The van der Waals surface area contributed by atoms with Gasteiger partial charge in [-0.15, -0.1) is 0 Å². The molecule has 0 aromatic heterocycles. The molecule has 1 aliphatic heterocycles. The summed E-state index contributed by atoms with van der Waals surface area (Å²) in [7, 11) is 0. The largest absolute Gasteiger partial charge is 0.366 e. The van der Waals surface area contributed by atoms with E-state index in [1.165, 1.54) is 11.0 Å². The Morgan fingerprint density at radius 3 is 2.38 bits per heavy atom. The Bertz CT molecular complexity index is 599. The number of halogens is 1. The van der Waals surface area contributed by atoms with Crippen molar-refractivity contribution in [2.45, 2.75) is 20.3 Å². The number of carbonyl (C=O) groups excluding carboxylic acids is 2. The van der Waals surface area contributed by atoms with Gasteiger partial charge in [0.25, 0.3) is 0 Å². The molecule has 2 rings (SSSR count). The van der Waals surface area contributed by atoms with Gasteiger partial charge in [-0.2, -0.15) is 0 Å². The summed E-state index contributed by atoms with van der Waals surface area (Å²) in [5.41, 5.74) is 0.542. The Morgan fingerprint density at radius 2 is 1.77 bits per heavy atom. The van der Waals surface area contributed by atoms with Crippen molar-refractivity contribution in [1.82, 2.24) is 15.1 Å². The smallest absolute Gasteiger partial charge is 0.312 e. The molecule has 1 heterocycles. The summed E-state index contributed by atoms with van der Waals surface area (Å²) in [6.07, 6.45) is 0.821. The maximum atomic E-state index is 13.8. The van der Waals surface area contributed by atoms with Crippen LogP contribution in [-0.2, 0) is 9.59 Å². The van der Waals surface area contributed by atoms with Gasteiger partial charge in [0.2, 0.25) is 0 Å². The number of nitrogens with zero attached hydrogens (tertiary/aromatic N) is 3. The van der Waals surface area contributed by atoms with Gasteiger partial charge in [-0.3, -0.25) is 9.59 Å². The van der Waals surface area contributed by atoms with Crippen molar-refractivity contribution in [1.29, 1.82) is 0 Å². The van der Waals surface area contributed by atoms with Crippen LogP contribution < -0.4 is 10.2 Å². The second-order valence-electron chi connectivity index (χ2n) is 6.37. The van der Waals surface area contributed by atoms with E-state index in [0.717, 1.165) is 26.1 Å². The third-order valence-corrected chi connectivity index (χ3v) is 4.79. The number of nitrogens with one attached hydrogen (secondary N) is 1. The van der Waals surface area contributed by atoms with E-state index < -0.39 is 11.8 Å². The van der Waals surface area contributed by atoms with Gasteiger partial charge in [-0.05, 0) is 38.2 Å². The molecule has 1 N–H and O–H groups in total. The first-order valence-electron chi connectivity index (χ1n) is 9.35. The van der Waals surface area contributed by atoms with Gasteiger partial charge in [0.1, 0.15) is 5.82 Å². The first-order chi connectivity index (χ1) is 12.6. The van der Waals surface area contributed by atoms with E-state index in [4.69, 9.17) is 0 Å². The molecule has 1 aliphatic rings. The van der Waals surface area contributed by atoms with Gasteiger partial charge >= 0.3 is 11.8 Å². The highest BCUT2D eigenvalue weighted by molar-refractivity contribution is 6.35. The second kappa shape index (κ2) is 10.1. The zero-order chi connectivity index (χ0) is 18.9. The van der Waals surface area contributed by atoms with Crippen molar-refractivity contribution in [3.63, 3.8) is 0 Å². The molecule has 7 heteroatoms. The normalized spacial score (nSPS) is 14.6. The fourth-order valence-electron chi connectivity index (χ4n) is 3.12. The van der Waals surface area contributed by atoms with Crippen molar-refractivity contribution < 1.29 is 14.0 Å². The van der Waals surface area contributed by atoms with Crippen LogP contribution in [0, 0.1) is 5.82 Å². The number of rotatable bonds is 7. The van der Waals surface area contributed by atoms with Crippen molar-refractivity contribution in [2.75, 3.05) is 57.3 Å². The number of anilines is 1. The Balaban J connectivity index is 1.73. The molecule has 1 fully saturated rings. The first kappa shape index (κ1) is 20.2. The van der Waals surface area contributed by atoms with Crippen LogP contribution in [0.1, 0.15) is 20.3 Å². The zero-order valence-electron chi connectivity index (χ0n) is 15.7. The lowest BCUT2D eigenvalue weighted by Gasteiger charge is -2.35. The summed E-state index contributed by atoms with van der Waals surface area (Å²) in [6.45, 7) is 9.44. The molecule has 1 saturated heterocycles. The highest BCUT2D eigenvalue weighted by atomic mass is 19.1. The Labute approximate surface area is 154 Å². The van der Waals surface area contributed by atoms with Crippen molar-refractivity contribution in [2.24, 2.45) is 0 Å². The number of para-hydroxylation sites is 1. The SMILES string of the molecule is CCN(CC)CCCNC(=O)C(=O)N1CCN(c2ccccc2F)CC1. The number of hydrogen-bond acceptors (Lipinski definition) is 4. The van der Waals surface area contributed by atoms with E-state index in [0.29, 0.717) is 38.4 Å². The van der Waals surface area contributed by atoms with E-state index >= 15 is 0 Å². The topological polar surface area (TPSA) is 55.9 Å². The molecule has 0 unspecified atom stereocenters. The minimum atomic E-state index is -0.552. The average Bonchev–Trinajstić information content (AvgIpc) is 2.68. The van der Waals surface area contributed by atoms with Gasteiger partial charge in [0, 0.05) is 32.7 Å². The van der Waals surface area contributed by atoms with Gasteiger partial charge in [-0.25, -0.2) is 4.39 Å². The molecular weight excluding hydrogens is 335 g/mol. The summed E-state index contributed by atoms with van der Waals surface area (Å²) in [5.74, 6) is -1.32. The molecule has 6 nitrogen and oxygen atoms in total. The van der Waals surface area contributed by atoms with E-state index in [1.54, 1.807) is 18.2 Å². The molecule has 0 spiro atoms. The number of hydrogen-bond donors (Lipinski definition) is 1. The molecule has 144 valence electrons. The second-order valence-corrected chi connectivity index (χ2v) is 6.37. The fourth-order valence-corrected chi connectivity index (χ4v) is 3.12. The Hall–Kier alpha value is -2.15. The molecular formula is C19H29FN4O2. The predicted molar refractivity (Wildman–Crippen MR) is 101 cm³/mol. The van der Waals surface area contributed by atoms with E-state index in [2.05, 4.69) is 24.1 Å². The molecule has 1 aromatic carbocycles. The average molecular weight is 364 g/mol. The minimum Gasteiger partial charge on any atom is -0.366 e. The lowest BCUT2D eigenvalue weighted by Crippen LogP contribution is -2.53. The molecule has 0 radical (unpaired) electrons. The van der Waals surface area contributed by atoms with Crippen LogP contribution in [0.15, 0.2) is 24.3 Å². The summed E-state index contributed by atoms with van der Waals surface area (Å²) < 4.78 is 13.8. The summed E-state index contributed by atoms with van der Waals surface area (Å²) >= 11 is 0. The van der Waals surface area contributed by atoms with E-state index in [1.807, 2.05) is 4.90 Å². The maximum Gasteiger partial charge on any atom is 0.312 e. The molecule has 0 aliphatic carbocycles. The minimum absolute atomic E-state index is 0.266. The van der Waals surface area contributed by atoms with Crippen molar-refractivity contribution in [3.05, 3.63) is 30.1 Å². The molecule has 2 amide bonds. The molecule has 0 bridgehead atoms. The number of piperazine rings is 1. The van der Waals surface area contributed by atoms with Crippen LogP contribution >= 0.6 is 0 Å². The molecule has 0 atom stereocenters. The maximum absolute atomic E-state index is 13.8. The highest BCUT2D eigenvalue weighted by Gasteiger charge is 2.26. The van der Waals surface area contributed by atoms with E-state index in [-0.39, 0.29) is 5.82 Å². The lowest BCUT2D eigenvalue weighted by atomic mass is 10.2. The number of amides is 2. The van der Waals surface area contributed by atoms with Crippen LogP contribution in [-0.4, -0.2) is 74.0 Å². The fraction of sp³-hybridized carbons (Fsp3) is 0.579. The van der Waals surface area contributed by atoms with Gasteiger partial charge < -0.3 is 20.0 Å². The molecule has 26 heavy (non-hydrogen) atoms. The number of benzene rings is 1. The quantitative estimate of drug-likeness (QED) is 0.586. The summed E-state index contributed by atoms with van der Waals surface area (Å²) in [4.78, 5) is 30.0. The predicted octanol–water partition coefficient (Wildman–Crippen LogP) is 1.32. The van der Waals surface area contributed by atoms with Gasteiger partial charge in [0.05, 0.1) is 5.69 Å².